The van der Waals surface area contributed by atoms with Crippen LogP contribution in [0.1, 0.15) is 20.3 Å². The Morgan fingerprint density at radius 2 is 2.14 bits per heavy atom. The van der Waals surface area contributed by atoms with Crippen molar-refractivity contribution in [2.75, 3.05) is 33.5 Å². The van der Waals surface area contributed by atoms with E-state index in [0.29, 0.717) is 25.9 Å². The van der Waals surface area contributed by atoms with E-state index >= 15 is 0 Å². The Morgan fingerprint density at radius 3 is 2.71 bits per heavy atom. The van der Waals surface area contributed by atoms with Crippen LogP contribution in [0.4, 0.5) is 0 Å². The van der Waals surface area contributed by atoms with Crippen molar-refractivity contribution in [2.24, 2.45) is 0 Å². The van der Waals surface area contributed by atoms with Gasteiger partial charge in [0.1, 0.15) is 0 Å². The minimum atomic E-state index is 0.337. The third-order valence-electron chi connectivity index (χ3n) is 1.77. The predicted octanol–water partition coefficient (Wildman–Crippen LogP) is 1.04. The van der Waals surface area contributed by atoms with Gasteiger partial charge < -0.3 is 14.8 Å². The lowest BCUT2D eigenvalue weighted by Gasteiger charge is -2.15. The first-order valence-corrected chi connectivity index (χ1v) is 5.04. The lowest BCUT2D eigenvalue weighted by atomic mass is 10.2. The second kappa shape index (κ2) is 10.5. The molecule has 14 heavy (non-hydrogen) atoms. The molecule has 0 aliphatic heterocycles. The third kappa shape index (κ3) is 8.06. The molecule has 3 nitrogen and oxygen atoms in total. The van der Waals surface area contributed by atoms with E-state index in [0.717, 1.165) is 13.0 Å². The maximum Gasteiger partial charge on any atom is 0.0701 e. The topological polar surface area (TPSA) is 30.5 Å². The molecular formula is C11H21NO2. The summed E-state index contributed by atoms with van der Waals surface area (Å²) in [5.41, 5.74) is 0. The van der Waals surface area contributed by atoms with Crippen LogP contribution in [-0.2, 0) is 9.47 Å². The molecule has 82 valence electrons. The van der Waals surface area contributed by atoms with E-state index in [1.54, 1.807) is 7.11 Å². The molecular weight excluding hydrogens is 178 g/mol. The van der Waals surface area contributed by atoms with Gasteiger partial charge in [-0.3, -0.25) is 0 Å². The van der Waals surface area contributed by atoms with Gasteiger partial charge in [-0.15, -0.1) is 11.8 Å². The van der Waals surface area contributed by atoms with Gasteiger partial charge in [-0.1, -0.05) is 6.92 Å². The second-order valence-corrected chi connectivity index (χ2v) is 2.95. The summed E-state index contributed by atoms with van der Waals surface area (Å²) >= 11 is 0. The Morgan fingerprint density at radius 1 is 1.36 bits per heavy atom. The van der Waals surface area contributed by atoms with E-state index in [4.69, 9.17) is 9.47 Å². The molecule has 0 heterocycles. The van der Waals surface area contributed by atoms with E-state index in [2.05, 4.69) is 24.1 Å². The SMILES string of the molecule is CC#CCC(COCCOC)NCC. The average molecular weight is 199 g/mol. The summed E-state index contributed by atoms with van der Waals surface area (Å²) in [7, 11) is 1.67. The van der Waals surface area contributed by atoms with Gasteiger partial charge in [0.15, 0.2) is 0 Å². The molecule has 3 heteroatoms. The molecule has 0 bridgehead atoms. The zero-order valence-electron chi connectivity index (χ0n) is 9.43. The fraction of sp³-hybridized carbons (Fsp3) is 0.818. The van der Waals surface area contributed by atoms with Gasteiger partial charge in [0.2, 0.25) is 0 Å². The highest BCUT2D eigenvalue weighted by atomic mass is 16.5. The highest BCUT2D eigenvalue weighted by Crippen LogP contribution is 1.92. The van der Waals surface area contributed by atoms with Gasteiger partial charge in [0, 0.05) is 19.6 Å². The summed E-state index contributed by atoms with van der Waals surface area (Å²) in [5, 5.41) is 3.33. The molecule has 0 aromatic carbocycles. The number of hydrogen-bond acceptors (Lipinski definition) is 3. The lowest BCUT2D eigenvalue weighted by molar-refractivity contribution is 0.0596. The van der Waals surface area contributed by atoms with Crippen molar-refractivity contribution in [3.63, 3.8) is 0 Å². The van der Waals surface area contributed by atoms with Crippen molar-refractivity contribution < 1.29 is 9.47 Å². The number of rotatable bonds is 8. The van der Waals surface area contributed by atoms with Crippen molar-refractivity contribution in [3.05, 3.63) is 0 Å². The molecule has 0 saturated heterocycles. The zero-order valence-corrected chi connectivity index (χ0v) is 9.43. The summed E-state index contributed by atoms with van der Waals surface area (Å²) in [4.78, 5) is 0. The third-order valence-corrected chi connectivity index (χ3v) is 1.77. The van der Waals surface area contributed by atoms with Crippen LogP contribution in [-0.4, -0.2) is 39.5 Å². The van der Waals surface area contributed by atoms with Crippen LogP contribution >= 0.6 is 0 Å². The van der Waals surface area contributed by atoms with Crippen LogP contribution in [0.15, 0.2) is 0 Å². The first-order chi connectivity index (χ1) is 6.85. The van der Waals surface area contributed by atoms with Gasteiger partial charge >= 0.3 is 0 Å². The van der Waals surface area contributed by atoms with Gasteiger partial charge in [-0.2, -0.15) is 0 Å². The fourth-order valence-electron chi connectivity index (χ4n) is 1.07. The van der Waals surface area contributed by atoms with Crippen molar-refractivity contribution in [2.45, 2.75) is 26.3 Å². The molecule has 1 unspecified atom stereocenters. The normalized spacial score (nSPS) is 11.9. The molecule has 0 aliphatic carbocycles. The molecule has 0 aliphatic rings. The molecule has 0 saturated carbocycles. The van der Waals surface area contributed by atoms with Crippen LogP contribution in [0.5, 0.6) is 0 Å². The maximum absolute atomic E-state index is 5.43. The van der Waals surface area contributed by atoms with Crippen molar-refractivity contribution in [1.29, 1.82) is 0 Å². The Kier molecular flexibility index (Phi) is 10.1. The monoisotopic (exact) mass is 199 g/mol. The molecule has 0 amide bonds. The molecule has 0 rings (SSSR count). The van der Waals surface area contributed by atoms with E-state index in [1.165, 1.54) is 0 Å². The summed E-state index contributed by atoms with van der Waals surface area (Å²) in [6.07, 6.45) is 0.845. The quantitative estimate of drug-likeness (QED) is 0.468. The molecule has 0 fully saturated rings. The minimum Gasteiger partial charge on any atom is -0.382 e. The van der Waals surface area contributed by atoms with E-state index in [9.17, 15) is 0 Å². The number of hydrogen-bond donors (Lipinski definition) is 1. The molecule has 0 spiro atoms. The first-order valence-electron chi connectivity index (χ1n) is 5.04. The van der Waals surface area contributed by atoms with Gasteiger partial charge in [0.25, 0.3) is 0 Å². The van der Waals surface area contributed by atoms with Crippen LogP contribution in [0.3, 0.4) is 0 Å². The Labute approximate surface area is 87.2 Å². The van der Waals surface area contributed by atoms with Crippen LogP contribution < -0.4 is 5.32 Å². The number of nitrogens with one attached hydrogen (secondary N) is 1. The van der Waals surface area contributed by atoms with E-state index in [-0.39, 0.29) is 0 Å². The molecule has 1 atom stereocenters. The van der Waals surface area contributed by atoms with Crippen LogP contribution in [0.2, 0.25) is 0 Å². The Balaban J connectivity index is 3.54. The lowest BCUT2D eigenvalue weighted by Crippen LogP contribution is -2.33. The highest BCUT2D eigenvalue weighted by molar-refractivity contribution is 4.98. The summed E-state index contributed by atoms with van der Waals surface area (Å²) in [6, 6.07) is 0.337. The average Bonchev–Trinajstić information content (AvgIpc) is 2.20. The van der Waals surface area contributed by atoms with Gasteiger partial charge in [-0.05, 0) is 13.5 Å². The van der Waals surface area contributed by atoms with Gasteiger partial charge in [0.05, 0.1) is 19.8 Å². The maximum atomic E-state index is 5.43. The Bertz CT molecular complexity index is 172. The minimum absolute atomic E-state index is 0.337. The number of likely N-dealkylation sites (N-methyl/N-ethyl adjacent to an activating group) is 1. The largest absolute Gasteiger partial charge is 0.382 e. The van der Waals surface area contributed by atoms with Gasteiger partial charge in [-0.25, -0.2) is 0 Å². The smallest absolute Gasteiger partial charge is 0.0701 e. The van der Waals surface area contributed by atoms with Crippen molar-refractivity contribution >= 4 is 0 Å². The molecule has 0 aromatic rings. The summed E-state index contributed by atoms with van der Waals surface area (Å²) < 4.78 is 10.3. The molecule has 0 aromatic heterocycles. The standard InChI is InChI=1S/C11H21NO2/c1-4-6-7-11(12-5-2)10-14-9-8-13-3/h11-12H,5,7-10H2,1-3H3. The molecule has 0 radical (unpaired) electrons. The second-order valence-electron chi connectivity index (χ2n) is 2.95. The van der Waals surface area contributed by atoms with Crippen LogP contribution in [0, 0.1) is 11.8 Å². The predicted molar refractivity (Wildman–Crippen MR) is 58.2 cm³/mol. The van der Waals surface area contributed by atoms with E-state index in [1.807, 2.05) is 6.92 Å². The number of ether oxygens (including phenoxy) is 2. The highest BCUT2D eigenvalue weighted by Gasteiger charge is 2.04. The summed E-state index contributed by atoms with van der Waals surface area (Å²) in [6.45, 7) is 6.89. The first kappa shape index (κ1) is 13.4. The summed E-state index contributed by atoms with van der Waals surface area (Å²) in [5.74, 6) is 5.94. The van der Waals surface area contributed by atoms with Crippen LogP contribution in [0.25, 0.3) is 0 Å². The van der Waals surface area contributed by atoms with Crippen molar-refractivity contribution in [1.82, 2.24) is 5.32 Å². The number of methoxy groups -OCH3 is 1. The fourth-order valence-corrected chi connectivity index (χ4v) is 1.07. The van der Waals surface area contributed by atoms with E-state index < -0.39 is 0 Å². The van der Waals surface area contributed by atoms with Crippen molar-refractivity contribution in [3.8, 4) is 11.8 Å². The zero-order chi connectivity index (χ0) is 10.6. The molecule has 1 N–H and O–H groups in total. The Hall–Kier alpha value is -0.560.